The Bertz CT molecular complexity index is 518. The summed E-state index contributed by atoms with van der Waals surface area (Å²) in [5, 5.41) is 0. The Kier molecular flexibility index (Phi) is 4.19. The molecule has 1 amide bonds. The molecule has 0 spiro atoms. The van der Waals surface area contributed by atoms with E-state index >= 15 is 0 Å². The standard InChI is InChI=1S/C13H19N3O3/c1-10-8-11(17)16(13(14-10)19-2)9-12(18)15-6-4-3-5-7-15/h8H,3-7,9H2,1-2H3. The van der Waals surface area contributed by atoms with Crippen LogP contribution in [0.1, 0.15) is 25.0 Å². The van der Waals surface area contributed by atoms with Crippen molar-refractivity contribution in [2.75, 3.05) is 20.2 Å². The maximum atomic E-state index is 12.2. The summed E-state index contributed by atoms with van der Waals surface area (Å²) in [5.41, 5.74) is 0.332. The van der Waals surface area contributed by atoms with E-state index in [-0.39, 0.29) is 24.0 Å². The van der Waals surface area contributed by atoms with Gasteiger partial charge in [-0.05, 0) is 26.2 Å². The van der Waals surface area contributed by atoms with Gasteiger partial charge in [0.1, 0.15) is 6.54 Å². The molecule has 0 saturated carbocycles. The second-order valence-electron chi connectivity index (χ2n) is 4.75. The first-order chi connectivity index (χ1) is 9.11. The van der Waals surface area contributed by atoms with Crippen LogP contribution >= 0.6 is 0 Å². The molecule has 1 aromatic rings. The lowest BCUT2D eigenvalue weighted by molar-refractivity contribution is -0.132. The van der Waals surface area contributed by atoms with Crippen LogP contribution in [0, 0.1) is 6.92 Å². The zero-order chi connectivity index (χ0) is 13.8. The summed E-state index contributed by atoms with van der Waals surface area (Å²) in [6.45, 7) is 3.26. The van der Waals surface area contributed by atoms with Gasteiger partial charge in [-0.15, -0.1) is 0 Å². The molecule has 2 heterocycles. The molecule has 0 aliphatic carbocycles. The number of aromatic nitrogens is 2. The molecule has 0 bridgehead atoms. The molecular weight excluding hydrogens is 246 g/mol. The van der Waals surface area contributed by atoms with Crippen LogP contribution in [0.5, 0.6) is 6.01 Å². The van der Waals surface area contributed by atoms with Gasteiger partial charge in [0.15, 0.2) is 0 Å². The van der Waals surface area contributed by atoms with Crippen LogP contribution in [0.25, 0.3) is 0 Å². The Balaban J connectivity index is 2.18. The third kappa shape index (κ3) is 3.13. The Morgan fingerprint density at radius 1 is 1.37 bits per heavy atom. The maximum Gasteiger partial charge on any atom is 0.299 e. The fraction of sp³-hybridized carbons (Fsp3) is 0.615. The molecular formula is C13H19N3O3. The highest BCUT2D eigenvalue weighted by Gasteiger charge is 2.19. The summed E-state index contributed by atoms with van der Waals surface area (Å²) in [7, 11) is 1.45. The summed E-state index contributed by atoms with van der Waals surface area (Å²) in [6.07, 6.45) is 3.23. The molecule has 0 radical (unpaired) electrons. The SMILES string of the molecule is COc1nc(C)cc(=O)n1CC(=O)N1CCCCC1. The highest BCUT2D eigenvalue weighted by Crippen LogP contribution is 2.10. The van der Waals surface area contributed by atoms with Gasteiger partial charge in [-0.1, -0.05) is 0 Å². The third-order valence-electron chi connectivity index (χ3n) is 3.29. The first-order valence-corrected chi connectivity index (χ1v) is 6.52. The fourth-order valence-electron chi connectivity index (χ4n) is 2.27. The van der Waals surface area contributed by atoms with Crippen LogP contribution in [0.2, 0.25) is 0 Å². The minimum atomic E-state index is -0.255. The molecule has 0 N–H and O–H groups in total. The summed E-state index contributed by atoms with van der Waals surface area (Å²) in [4.78, 5) is 30.0. The number of ether oxygens (including phenoxy) is 1. The van der Waals surface area contributed by atoms with E-state index in [1.807, 2.05) is 0 Å². The number of hydrogen-bond donors (Lipinski definition) is 0. The summed E-state index contributed by atoms with van der Waals surface area (Å²) in [5.74, 6) is -0.0502. The van der Waals surface area contributed by atoms with E-state index in [2.05, 4.69) is 4.98 Å². The van der Waals surface area contributed by atoms with E-state index in [9.17, 15) is 9.59 Å². The van der Waals surface area contributed by atoms with E-state index in [1.165, 1.54) is 24.2 Å². The number of amides is 1. The van der Waals surface area contributed by atoms with Gasteiger partial charge in [-0.3, -0.25) is 14.2 Å². The average molecular weight is 265 g/mol. The Morgan fingerprint density at radius 2 is 2.05 bits per heavy atom. The van der Waals surface area contributed by atoms with Crippen molar-refractivity contribution in [3.8, 4) is 6.01 Å². The number of carbonyl (C=O) groups is 1. The number of aryl methyl sites for hydroxylation is 1. The molecule has 0 unspecified atom stereocenters. The van der Waals surface area contributed by atoms with Crippen molar-refractivity contribution in [1.29, 1.82) is 0 Å². The Morgan fingerprint density at radius 3 is 2.68 bits per heavy atom. The average Bonchev–Trinajstić information content (AvgIpc) is 2.42. The molecule has 1 aliphatic heterocycles. The number of methoxy groups -OCH3 is 1. The van der Waals surface area contributed by atoms with Crippen LogP contribution in [-0.2, 0) is 11.3 Å². The van der Waals surface area contributed by atoms with Crippen LogP contribution in [0.3, 0.4) is 0 Å². The molecule has 1 saturated heterocycles. The van der Waals surface area contributed by atoms with Crippen LogP contribution < -0.4 is 10.3 Å². The Labute approximate surface area is 112 Å². The first kappa shape index (κ1) is 13.6. The number of rotatable bonds is 3. The summed E-state index contributed by atoms with van der Waals surface area (Å²) >= 11 is 0. The van der Waals surface area contributed by atoms with Gasteiger partial charge in [0, 0.05) is 24.8 Å². The van der Waals surface area contributed by atoms with E-state index in [0.29, 0.717) is 5.69 Å². The van der Waals surface area contributed by atoms with Crippen molar-refractivity contribution >= 4 is 5.91 Å². The van der Waals surface area contributed by atoms with Gasteiger partial charge in [-0.25, -0.2) is 4.98 Å². The van der Waals surface area contributed by atoms with Crippen molar-refractivity contribution in [3.63, 3.8) is 0 Å². The molecule has 104 valence electrons. The highest BCUT2D eigenvalue weighted by molar-refractivity contribution is 5.76. The topological polar surface area (TPSA) is 64.4 Å². The molecule has 0 atom stereocenters. The molecule has 1 aliphatic rings. The fourth-order valence-corrected chi connectivity index (χ4v) is 2.27. The third-order valence-corrected chi connectivity index (χ3v) is 3.29. The molecule has 0 aromatic carbocycles. The van der Waals surface area contributed by atoms with Crippen molar-refractivity contribution < 1.29 is 9.53 Å². The second-order valence-corrected chi connectivity index (χ2v) is 4.75. The molecule has 2 rings (SSSR count). The van der Waals surface area contributed by atoms with Gasteiger partial charge in [0.2, 0.25) is 5.91 Å². The summed E-state index contributed by atoms with van der Waals surface area (Å²) < 4.78 is 6.36. The number of nitrogens with zero attached hydrogens (tertiary/aromatic N) is 3. The quantitative estimate of drug-likeness (QED) is 0.801. The zero-order valence-electron chi connectivity index (χ0n) is 11.4. The molecule has 19 heavy (non-hydrogen) atoms. The lowest BCUT2D eigenvalue weighted by atomic mass is 10.1. The smallest absolute Gasteiger partial charge is 0.299 e. The molecule has 1 fully saturated rings. The van der Waals surface area contributed by atoms with Gasteiger partial charge < -0.3 is 9.64 Å². The van der Waals surface area contributed by atoms with Gasteiger partial charge in [0.05, 0.1) is 7.11 Å². The van der Waals surface area contributed by atoms with Crippen LogP contribution in [0.4, 0.5) is 0 Å². The van der Waals surface area contributed by atoms with Crippen molar-refractivity contribution in [2.45, 2.75) is 32.7 Å². The monoisotopic (exact) mass is 265 g/mol. The molecule has 1 aromatic heterocycles. The predicted octanol–water partition coefficient (Wildman–Crippen LogP) is 0.573. The van der Waals surface area contributed by atoms with Crippen molar-refractivity contribution in [2.24, 2.45) is 0 Å². The van der Waals surface area contributed by atoms with E-state index < -0.39 is 0 Å². The predicted molar refractivity (Wildman–Crippen MR) is 70.2 cm³/mol. The van der Waals surface area contributed by atoms with Gasteiger partial charge >= 0.3 is 0 Å². The minimum Gasteiger partial charge on any atom is -0.468 e. The normalized spacial score (nSPS) is 15.4. The lowest BCUT2D eigenvalue weighted by Gasteiger charge is -2.27. The first-order valence-electron chi connectivity index (χ1n) is 6.52. The van der Waals surface area contributed by atoms with E-state index in [0.717, 1.165) is 25.9 Å². The second kappa shape index (κ2) is 5.86. The van der Waals surface area contributed by atoms with Crippen LogP contribution in [0.15, 0.2) is 10.9 Å². The maximum absolute atomic E-state index is 12.2. The number of hydrogen-bond acceptors (Lipinski definition) is 4. The molecule has 6 nitrogen and oxygen atoms in total. The molecule has 6 heteroatoms. The number of carbonyl (C=O) groups excluding carboxylic acids is 1. The van der Waals surface area contributed by atoms with Crippen molar-refractivity contribution in [1.82, 2.24) is 14.5 Å². The lowest BCUT2D eigenvalue weighted by Crippen LogP contribution is -2.39. The zero-order valence-corrected chi connectivity index (χ0v) is 11.4. The summed E-state index contributed by atoms with van der Waals surface area (Å²) in [6, 6.07) is 1.60. The van der Waals surface area contributed by atoms with Crippen LogP contribution in [-0.4, -0.2) is 40.6 Å². The van der Waals surface area contributed by atoms with E-state index in [1.54, 1.807) is 11.8 Å². The highest BCUT2D eigenvalue weighted by atomic mass is 16.5. The largest absolute Gasteiger partial charge is 0.468 e. The Hall–Kier alpha value is -1.85. The van der Waals surface area contributed by atoms with E-state index in [4.69, 9.17) is 4.74 Å². The minimum absolute atomic E-state index is 0.00468. The van der Waals surface area contributed by atoms with Gasteiger partial charge in [0.25, 0.3) is 11.6 Å². The van der Waals surface area contributed by atoms with Crippen molar-refractivity contribution in [3.05, 3.63) is 22.1 Å². The number of likely N-dealkylation sites (tertiary alicyclic amines) is 1. The van der Waals surface area contributed by atoms with Gasteiger partial charge in [-0.2, -0.15) is 0 Å². The number of piperidine rings is 1.